The minimum atomic E-state index is -0.248. The summed E-state index contributed by atoms with van der Waals surface area (Å²) in [6, 6.07) is 6.02. The van der Waals surface area contributed by atoms with Crippen molar-refractivity contribution in [3.8, 4) is 23.3 Å². The molecule has 0 radical (unpaired) electrons. The molecule has 2 unspecified atom stereocenters. The van der Waals surface area contributed by atoms with E-state index in [1.165, 1.54) is 0 Å². The fourth-order valence-electron chi connectivity index (χ4n) is 2.51. The number of nitrogens with zero attached hydrogens (tertiary/aromatic N) is 1. The van der Waals surface area contributed by atoms with Crippen LogP contribution in [0.2, 0.25) is 0 Å². The van der Waals surface area contributed by atoms with E-state index in [4.69, 9.17) is 18.9 Å². The Bertz CT molecular complexity index is 484. The van der Waals surface area contributed by atoms with Crippen molar-refractivity contribution in [1.82, 2.24) is 0 Å². The van der Waals surface area contributed by atoms with Crippen LogP contribution in [0.15, 0.2) is 12.1 Å². The fourth-order valence-corrected chi connectivity index (χ4v) is 2.51. The van der Waals surface area contributed by atoms with Gasteiger partial charge in [-0.25, -0.2) is 0 Å². The lowest BCUT2D eigenvalue weighted by atomic mass is 9.90. The Hall–Kier alpha value is -1.93. The summed E-state index contributed by atoms with van der Waals surface area (Å²) < 4.78 is 21.7. The number of benzene rings is 1. The van der Waals surface area contributed by atoms with Gasteiger partial charge in [-0.05, 0) is 30.5 Å². The Kier molecular flexibility index (Phi) is 4.70. The minimum Gasteiger partial charge on any atom is -0.493 e. The van der Waals surface area contributed by atoms with Crippen molar-refractivity contribution in [3.63, 3.8) is 0 Å². The number of methoxy groups -OCH3 is 3. The molecule has 5 heteroatoms. The van der Waals surface area contributed by atoms with E-state index in [1.54, 1.807) is 21.3 Å². The fraction of sp³-hybridized carbons (Fsp3) is 0.533. The smallest absolute Gasteiger partial charge is 0.203 e. The van der Waals surface area contributed by atoms with Crippen LogP contribution in [-0.4, -0.2) is 27.9 Å². The Morgan fingerprint density at radius 2 is 1.80 bits per heavy atom. The molecule has 1 aliphatic rings. The van der Waals surface area contributed by atoms with Gasteiger partial charge in [-0.15, -0.1) is 0 Å². The summed E-state index contributed by atoms with van der Waals surface area (Å²) in [5, 5.41) is 9.26. The third-order valence-corrected chi connectivity index (χ3v) is 3.50. The number of nitriles is 1. The summed E-state index contributed by atoms with van der Waals surface area (Å²) in [5.41, 5.74) is 0.880. The third-order valence-electron chi connectivity index (χ3n) is 3.50. The summed E-state index contributed by atoms with van der Waals surface area (Å²) >= 11 is 0. The van der Waals surface area contributed by atoms with Crippen molar-refractivity contribution >= 4 is 0 Å². The first kappa shape index (κ1) is 14.5. The van der Waals surface area contributed by atoms with Crippen LogP contribution >= 0.6 is 0 Å². The predicted molar refractivity (Wildman–Crippen MR) is 73.1 cm³/mol. The van der Waals surface area contributed by atoms with E-state index in [9.17, 15) is 5.26 Å². The molecular formula is C15H19NO4. The standard InChI is InChI=1S/C15H19NO4/c1-17-12-7-11(8-13(18-2)15(12)19-3)14-10(9-16)5-4-6-20-14/h7-8,10,14H,4-6H2,1-3H3. The molecular weight excluding hydrogens is 258 g/mol. The lowest BCUT2D eigenvalue weighted by molar-refractivity contribution is -0.0104. The average Bonchev–Trinajstić information content (AvgIpc) is 2.53. The van der Waals surface area contributed by atoms with Crippen molar-refractivity contribution in [1.29, 1.82) is 5.26 Å². The lowest BCUT2D eigenvalue weighted by Crippen LogP contribution is -2.21. The number of ether oxygens (including phenoxy) is 4. The minimum absolute atomic E-state index is 0.147. The summed E-state index contributed by atoms with van der Waals surface area (Å²) in [4.78, 5) is 0. The summed E-state index contributed by atoms with van der Waals surface area (Å²) in [6.07, 6.45) is 1.51. The van der Waals surface area contributed by atoms with E-state index >= 15 is 0 Å². The molecule has 0 spiro atoms. The molecule has 20 heavy (non-hydrogen) atoms. The van der Waals surface area contributed by atoms with E-state index in [0.717, 1.165) is 18.4 Å². The lowest BCUT2D eigenvalue weighted by Gasteiger charge is -2.28. The molecule has 108 valence electrons. The maximum absolute atomic E-state index is 9.26. The van der Waals surface area contributed by atoms with Crippen molar-refractivity contribution in [2.75, 3.05) is 27.9 Å². The molecule has 2 rings (SSSR count). The highest BCUT2D eigenvalue weighted by Crippen LogP contribution is 2.43. The molecule has 0 saturated carbocycles. The zero-order valence-corrected chi connectivity index (χ0v) is 12.0. The van der Waals surface area contributed by atoms with Crippen LogP contribution in [0, 0.1) is 17.2 Å². The first-order chi connectivity index (χ1) is 9.74. The Balaban J connectivity index is 2.43. The highest BCUT2D eigenvalue weighted by atomic mass is 16.5. The number of rotatable bonds is 4. The van der Waals surface area contributed by atoms with Crippen LogP contribution in [-0.2, 0) is 4.74 Å². The Morgan fingerprint density at radius 3 is 2.30 bits per heavy atom. The van der Waals surface area contributed by atoms with Crippen molar-refractivity contribution < 1.29 is 18.9 Å². The molecule has 0 bridgehead atoms. The van der Waals surface area contributed by atoms with Gasteiger partial charge in [0.25, 0.3) is 0 Å². The van der Waals surface area contributed by atoms with Crippen LogP contribution in [0.25, 0.3) is 0 Å². The molecule has 0 aliphatic carbocycles. The SMILES string of the molecule is COc1cc(C2OCCCC2C#N)cc(OC)c1OC. The first-order valence-corrected chi connectivity index (χ1v) is 6.56. The van der Waals surface area contributed by atoms with Gasteiger partial charge in [0.2, 0.25) is 5.75 Å². The molecule has 1 fully saturated rings. The zero-order valence-electron chi connectivity index (χ0n) is 12.0. The Labute approximate surface area is 119 Å². The third kappa shape index (κ3) is 2.66. The highest BCUT2D eigenvalue weighted by Gasteiger charge is 2.29. The largest absolute Gasteiger partial charge is 0.493 e. The molecule has 5 nitrogen and oxygen atoms in total. The van der Waals surface area contributed by atoms with Crippen LogP contribution in [0.4, 0.5) is 0 Å². The van der Waals surface area contributed by atoms with Gasteiger partial charge in [0.1, 0.15) is 0 Å². The van der Waals surface area contributed by atoms with Crippen LogP contribution in [0.1, 0.15) is 24.5 Å². The van der Waals surface area contributed by atoms with E-state index in [2.05, 4.69) is 6.07 Å². The molecule has 2 atom stereocenters. The molecule has 0 aromatic heterocycles. The second-order valence-corrected chi connectivity index (χ2v) is 4.63. The van der Waals surface area contributed by atoms with Gasteiger partial charge in [-0.1, -0.05) is 0 Å². The molecule has 1 aromatic rings. The number of hydrogen-bond acceptors (Lipinski definition) is 5. The second kappa shape index (κ2) is 6.49. The van der Waals surface area contributed by atoms with Crippen molar-refractivity contribution in [2.24, 2.45) is 5.92 Å². The monoisotopic (exact) mass is 277 g/mol. The van der Waals surface area contributed by atoms with Gasteiger partial charge in [0.05, 0.1) is 39.4 Å². The van der Waals surface area contributed by atoms with E-state index in [0.29, 0.717) is 23.9 Å². The number of hydrogen-bond donors (Lipinski definition) is 0. The molecule has 1 heterocycles. The molecule has 1 saturated heterocycles. The molecule has 0 N–H and O–H groups in total. The van der Waals surface area contributed by atoms with Gasteiger partial charge in [0, 0.05) is 6.61 Å². The van der Waals surface area contributed by atoms with Gasteiger partial charge in [0.15, 0.2) is 11.5 Å². The van der Waals surface area contributed by atoms with Crippen LogP contribution < -0.4 is 14.2 Å². The molecule has 0 amide bonds. The summed E-state index contributed by atoms with van der Waals surface area (Å²) in [5.74, 6) is 1.55. The van der Waals surface area contributed by atoms with Gasteiger partial charge in [-0.2, -0.15) is 5.26 Å². The van der Waals surface area contributed by atoms with Gasteiger partial charge in [-0.3, -0.25) is 0 Å². The normalized spacial score (nSPS) is 21.9. The summed E-state index contributed by atoms with van der Waals surface area (Å²) in [6.45, 7) is 0.666. The topological polar surface area (TPSA) is 60.7 Å². The van der Waals surface area contributed by atoms with Gasteiger partial charge < -0.3 is 18.9 Å². The van der Waals surface area contributed by atoms with E-state index < -0.39 is 0 Å². The summed E-state index contributed by atoms with van der Waals surface area (Å²) in [7, 11) is 4.71. The average molecular weight is 277 g/mol. The zero-order chi connectivity index (χ0) is 14.5. The van der Waals surface area contributed by atoms with E-state index in [1.807, 2.05) is 12.1 Å². The van der Waals surface area contributed by atoms with Gasteiger partial charge >= 0.3 is 0 Å². The molecule has 1 aromatic carbocycles. The quantitative estimate of drug-likeness (QED) is 0.846. The molecule has 1 aliphatic heterocycles. The second-order valence-electron chi connectivity index (χ2n) is 4.63. The first-order valence-electron chi connectivity index (χ1n) is 6.56. The van der Waals surface area contributed by atoms with Crippen LogP contribution in [0.5, 0.6) is 17.2 Å². The Morgan fingerprint density at radius 1 is 1.15 bits per heavy atom. The van der Waals surface area contributed by atoms with Crippen molar-refractivity contribution in [3.05, 3.63) is 17.7 Å². The van der Waals surface area contributed by atoms with E-state index in [-0.39, 0.29) is 12.0 Å². The van der Waals surface area contributed by atoms with Crippen LogP contribution in [0.3, 0.4) is 0 Å². The maximum Gasteiger partial charge on any atom is 0.203 e. The predicted octanol–water partition coefficient (Wildman–Crippen LogP) is 2.70. The maximum atomic E-state index is 9.26. The highest BCUT2D eigenvalue weighted by molar-refractivity contribution is 5.54. The van der Waals surface area contributed by atoms with Crippen molar-refractivity contribution in [2.45, 2.75) is 18.9 Å².